The molecule has 0 fully saturated rings. The normalized spacial score (nSPS) is 12.3. The summed E-state index contributed by atoms with van der Waals surface area (Å²) in [5, 5.41) is 2.87. The third-order valence-corrected chi connectivity index (χ3v) is 4.80. The van der Waals surface area contributed by atoms with E-state index in [1.807, 2.05) is 39.8 Å². The van der Waals surface area contributed by atoms with Crippen molar-refractivity contribution in [2.75, 3.05) is 10.6 Å². The molecule has 1 atom stereocenters. The maximum atomic E-state index is 13.3. The number of amides is 3. The fourth-order valence-electron chi connectivity index (χ4n) is 2.55. The molecular weight excluding hydrogens is 378 g/mol. The number of benzene rings is 1. The Morgan fingerprint density at radius 1 is 1.18 bits per heavy atom. The van der Waals surface area contributed by atoms with Crippen LogP contribution in [0.5, 0.6) is 0 Å². The first kappa shape index (κ1) is 21.4. The largest absolute Gasteiger partial charge is 0.395 e. The van der Waals surface area contributed by atoms with E-state index in [0.29, 0.717) is 5.69 Å². The number of aryl methyl sites for hydroxylation is 1. The lowest BCUT2D eigenvalue weighted by Crippen LogP contribution is -2.52. The minimum absolute atomic E-state index is 0.0600. The number of nitrogens with two attached hydrogens (primary N) is 2. The van der Waals surface area contributed by atoms with Crippen molar-refractivity contribution in [2.45, 2.75) is 46.2 Å². The van der Waals surface area contributed by atoms with Gasteiger partial charge in [-0.3, -0.25) is 19.3 Å². The van der Waals surface area contributed by atoms with Gasteiger partial charge in [-0.15, -0.1) is 0 Å². The predicted octanol–water partition coefficient (Wildman–Crippen LogP) is 2.08. The van der Waals surface area contributed by atoms with Gasteiger partial charge in [0.15, 0.2) is 5.69 Å². The second-order valence-corrected chi connectivity index (χ2v) is 8.34. The zero-order valence-electron chi connectivity index (χ0n) is 16.6. The summed E-state index contributed by atoms with van der Waals surface area (Å²) in [4.78, 5) is 38.9. The number of carbonyl (C=O) groups is 3. The quantitative estimate of drug-likeness (QED) is 0.703. The Labute approximate surface area is 168 Å². The number of hydrogen-bond acceptors (Lipinski definition) is 6. The van der Waals surface area contributed by atoms with E-state index < -0.39 is 23.4 Å². The summed E-state index contributed by atoms with van der Waals surface area (Å²) in [7, 11) is 0. The van der Waals surface area contributed by atoms with Gasteiger partial charge < -0.3 is 16.8 Å². The molecule has 0 saturated carbocycles. The van der Waals surface area contributed by atoms with Crippen LogP contribution in [0.15, 0.2) is 24.3 Å². The number of nitrogens with zero attached hydrogens (tertiary/aromatic N) is 2. The second-order valence-electron chi connectivity index (χ2n) is 7.56. The highest BCUT2D eigenvalue weighted by atomic mass is 32.1. The van der Waals surface area contributed by atoms with Crippen molar-refractivity contribution in [3.05, 3.63) is 40.4 Å². The average Bonchev–Trinajstić information content (AvgIpc) is 2.96. The number of hydrogen-bond donors (Lipinski definition) is 3. The first-order valence-corrected chi connectivity index (χ1v) is 9.47. The molecule has 0 radical (unpaired) electrons. The van der Waals surface area contributed by atoms with Crippen LogP contribution in [0.3, 0.4) is 0 Å². The molecule has 150 valence electrons. The highest BCUT2D eigenvalue weighted by Crippen LogP contribution is 2.28. The van der Waals surface area contributed by atoms with Crippen LogP contribution in [0.2, 0.25) is 0 Å². The summed E-state index contributed by atoms with van der Waals surface area (Å²) < 4.78 is 3.88. The average molecular weight is 404 g/mol. The molecular formula is C19H25N5O3S. The van der Waals surface area contributed by atoms with Crippen LogP contribution >= 0.6 is 11.5 Å². The summed E-state index contributed by atoms with van der Waals surface area (Å²) in [5.74, 6) is -1.66. The first-order valence-electron chi connectivity index (χ1n) is 8.69. The third-order valence-electron chi connectivity index (χ3n) is 3.95. The standard InChI is InChI=1S/C19H25N5O3S/c1-10-6-8-12(9-7-10)24(11(2)17(26)22-19(3,4)5)18(27)15-13(20)14(16(21)25)23-28-15/h6-9,11H,20H2,1-5H3,(H2,21,25)(H,22,26)/t11-/m1/s1. The van der Waals surface area contributed by atoms with Crippen LogP contribution < -0.4 is 21.7 Å². The number of nitrogen functional groups attached to an aromatic ring is 1. The Kier molecular flexibility index (Phi) is 6.08. The van der Waals surface area contributed by atoms with E-state index in [2.05, 4.69) is 9.69 Å². The summed E-state index contributed by atoms with van der Waals surface area (Å²) in [6.45, 7) is 9.12. The van der Waals surface area contributed by atoms with Crippen LogP contribution in [0.4, 0.5) is 11.4 Å². The Bertz CT molecular complexity index is 899. The van der Waals surface area contributed by atoms with Gasteiger partial charge in [-0.05, 0) is 58.3 Å². The molecule has 0 aliphatic rings. The molecule has 28 heavy (non-hydrogen) atoms. The lowest BCUT2D eigenvalue weighted by molar-refractivity contribution is -0.123. The number of carbonyl (C=O) groups excluding carboxylic acids is 3. The topological polar surface area (TPSA) is 131 Å². The fraction of sp³-hybridized carbons (Fsp3) is 0.368. The van der Waals surface area contributed by atoms with Gasteiger partial charge >= 0.3 is 0 Å². The van der Waals surface area contributed by atoms with Crippen molar-refractivity contribution in [2.24, 2.45) is 5.73 Å². The van der Waals surface area contributed by atoms with Crippen LogP contribution in [-0.2, 0) is 4.79 Å². The molecule has 0 unspecified atom stereocenters. The number of anilines is 2. The molecule has 1 heterocycles. The molecule has 0 aliphatic carbocycles. The molecule has 2 rings (SSSR count). The van der Waals surface area contributed by atoms with Crippen molar-refractivity contribution in [3.8, 4) is 0 Å². The zero-order chi connectivity index (χ0) is 21.2. The van der Waals surface area contributed by atoms with E-state index in [1.54, 1.807) is 19.1 Å². The van der Waals surface area contributed by atoms with Crippen molar-refractivity contribution in [1.82, 2.24) is 9.69 Å². The molecule has 0 aliphatic heterocycles. The summed E-state index contributed by atoms with van der Waals surface area (Å²) >= 11 is 0.782. The highest BCUT2D eigenvalue weighted by Gasteiger charge is 2.33. The molecule has 8 nitrogen and oxygen atoms in total. The highest BCUT2D eigenvalue weighted by molar-refractivity contribution is 7.09. The lowest BCUT2D eigenvalue weighted by atomic mass is 10.1. The van der Waals surface area contributed by atoms with Crippen LogP contribution in [-0.4, -0.2) is 33.7 Å². The van der Waals surface area contributed by atoms with Crippen LogP contribution in [0, 0.1) is 6.92 Å². The molecule has 0 saturated heterocycles. The summed E-state index contributed by atoms with van der Waals surface area (Å²) in [5.41, 5.74) is 12.0. The van der Waals surface area contributed by atoms with E-state index in [1.165, 1.54) is 4.90 Å². The maximum Gasteiger partial charge on any atom is 0.272 e. The SMILES string of the molecule is Cc1ccc(N(C(=O)c2snc(C(N)=O)c2N)[C@H](C)C(=O)NC(C)(C)C)cc1. The second kappa shape index (κ2) is 7.97. The van der Waals surface area contributed by atoms with Gasteiger partial charge in [-0.2, -0.15) is 4.37 Å². The van der Waals surface area contributed by atoms with E-state index in [-0.39, 0.29) is 22.2 Å². The third kappa shape index (κ3) is 4.66. The minimum atomic E-state index is -0.826. The van der Waals surface area contributed by atoms with Gasteiger partial charge in [-0.1, -0.05) is 17.7 Å². The number of aromatic nitrogens is 1. The molecule has 2 aromatic rings. The Balaban J connectivity index is 2.49. The van der Waals surface area contributed by atoms with Gasteiger partial charge in [0.25, 0.3) is 11.8 Å². The number of nitrogens with one attached hydrogen (secondary N) is 1. The summed E-state index contributed by atoms with van der Waals surface area (Å²) in [6.07, 6.45) is 0. The molecule has 0 spiro atoms. The molecule has 0 bridgehead atoms. The number of rotatable bonds is 5. The van der Waals surface area contributed by atoms with Crippen LogP contribution in [0.25, 0.3) is 0 Å². The smallest absolute Gasteiger partial charge is 0.272 e. The summed E-state index contributed by atoms with van der Waals surface area (Å²) in [6, 6.07) is 6.36. The molecule has 9 heteroatoms. The van der Waals surface area contributed by atoms with E-state index >= 15 is 0 Å². The molecule has 1 aromatic heterocycles. The monoisotopic (exact) mass is 403 g/mol. The van der Waals surface area contributed by atoms with Crippen molar-refractivity contribution in [3.63, 3.8) is 0 Å². The number of primary amides is 1. The van der Waals surface area contributed by atoms with Crippen LogP contribution in [0.1, 0.15) is 53.4 Å². The zero-order valence-corrected chi connectivity index (χ0v) is 17.4. The van der Waals surface area contributed by atoms with E-state index in [0.717, 1.165) is 17.1 Å². The lowest BCUT2D eigenvalue weighted by Gasteiger charge is -2.31. The van der Waals surface area contributed by atoms with Crippen molar-refractivity contribution >= 4 is 40.6 Å². The predicted molar refractivity (Wildman–Crippen MR) is 110 cm³/mol. The Morgan fingerprint density at radius 2 is 1.75 bits per heavy atom. The van der Waals surface area contributed by atoms with E-state index in [9.17, 15) is 14.4 Å². The van der Waals surface area contributed by atoms with Crippen molar-refractivity contribution in [1.29, 1.82) is 0 Å². The molecule has 5 N–H and O–H groups in total. The van der Waals surface area contributed by atoms with Gasteiger partial charge in [0.05, 0.1) is 5.69 Å². The maximum absolute atomic E-state index is 13.3. The Hall–Kier alpha value is -2.94. The van der Waals surface area contributed by atoms with Gasteiger partial charge in [0, 0.05) is 11.2 Å². The Morgan fingerprint density at radius 3 is 2.21 bits per heavy atom. The molecule has 3 amide bonds. The fourth-order valence-corrected chi connectivity index (χ4v) is 3.29. The van der Waals surface area contributed by atoms with E-state index in [4.69, 9.17) is 11.5 Å². The minimum Gasteiger partial charge on any atom is -0.395 e. The van der Waals surface area contributed by atoms with Gasteiger partial charge in [0.1, 0.15) is 10.9 Å². The first-order chi connectivity index (χ1) is 12.9. The van der Waals surface area contributed by atoms with Gasteiger partial charge in [0.2, 0.25) is 5.91 Å². The molecule has 1 aromatic carbocycles. The van der Waals surface area contributed by atoms with Crippen molar-refractivity contribution < 1.29 is 14.4 Å². The van der Waals surface area contributed by atoms with Gasteiger partial charge in [-0.25, -0.2) is 0 Å².